The van der Waals surface area contributed by atoms with Gasteiger partial charge in [-0.25, -0.2) is 0 Å². The summed E-state index contributed by atoms with van der Waals surface area (Å²) in [4.78, 5) is 0. The van der Waals surface area contributed by atoms with Crippen molar-refractivity contribution < 1.29 is 8.76 Å². The normalized spacial score (nSPS) is 17.9. The van der Waals surface area contributed by atoms with Crippen LogP contribution in [0.3, 0.4) is 0 Å². The molecule has 0 heterocycles. The lowest BCUT2D eigenvalue weighted by atomic mass is 10.3. The van der Waals surface area contributed by atoms with E-state index in [1.165, 1.54) is 0 Å². The summed E-state index contributed by atoms with van der Waals surface area (Å²) in [5, 5.41) is -0.167. The predicted octanol–water partition coefficient (Wildman–Crippen LogP) is 1.05. The summed E-state index contributed by atoms with van der Waals surface area (Å²) in [6.07, 6.45) is 1.71. The third-order valence-corrected chi connectivity index (χ3v) is 1.92. The molecule has 50 valence electrons. The molecule has 2 nitrogen and oxygen atoms in total. The lowest BCUT2D eigenvalue weighted by Crippen LogP contribution is -2.08. The highest BCUT2D eigenvalue weighted by Gasteiger charge is 1.96. The molecule has 0 aromatic rings. The molecule has 2 atom stereocenters. The van der Waals surface area contributed by atoms with E-state index in [0.29, 0.717) is 0 Å². The van der Waals surface area contributed by atoms with Gasteiger partial charge in [0.1, 0.15) is 0 Å². The summed E-state index contributed by atoms with van der Waals surface area (Å²) in [6.45, 7) is 3.69. The van der Waals surface area contributed by atoms with E-state index in [2.05, 4.69) is 0 Å². The van der Waals surface area contributed by atoms with Gasteiger partial charge in [0, 0.05) is 5.25 Å². The molecule has 0 aliphatic carbocycles. The third kappa shape index (κ3) is 3.16. The average Bonchev–Trinajstić information content (AvgIpc) is 1.67. The van der Waals surface area contributed by atoms with Crippen molar-refractivity contribution in [2.45, 2.75) is 31.9 Å². The van der Waals surface area contributed by atoms with E-state index in [1.807, 2.05) is 6.92 Å². The van der Waals surface area contributed by atoms with Crippen LogP contribution in [0.1, 0.15) is 26.7 Å². The van der Waals surface area contributed by atoms with E-state index < -0.39 is 11.1 Å². The molecule has 0 aromatic carbocycles. The first kappa shape index (κ1) is 8.11. The van der Waals surface area contributed by atoms with Gasteiger partial charge >= 0.3 is 0 Å². The Morgan fingerprint density at radius 2 is 2.25 bits per heavy atom. The number of hydrogen-bond donors (Lipinski definition) is 0. The highest BCUT2D eigenvalue weighted by Crippen LogP contribution is 2.00. The Labute approximate surface area is 52.6 Å². The minimum atomic E-state index is -1.86. The lowest BCUT2D eigenvalue weighted by Gasteiger charge is -2.11. The van der Waals surface area contributed by atoms with Gasteiger partial charge in [0.2, 0.25) is 0 Å². The Morgan fingerprint density at radius 3 is 2.38 bits per heavy atom. The van der Waals surface area contributed by atoms with Gasteiger partial charge in [-0.15, -0.1) is 0 Å². The van der Waals surface area contributed by atoms with Crippen molar-refractivity contribution in [2.75, 3.05) is 0 Å². The van der Waals surface area contributed by atoms with Crippen LogP contribution < -0.4 is 0 Å². The highest BCUT2D eigenvalue weighted by molar-refractivity contribution is 7.79. The maximum atomic E-state index is 10.1. The molecule has 0 bridgehead atoms. The van der Waals surface area contributed by atoms with Gasteiger partial charge < -0.3 is 4.55 Å². The van der Waals surface area contributed by atoms with E-state index >= 15 is 0 Å². The Balaban J connectivity index is 3.32. The molecule has 2 unspecified atom stereocenters. The van der Waals surface area contributed by atoms with Crippen LogP contribution in [-0.4, -0.2) is 14.0 Å². The van der Waals surface area contributed by atoms with Crippen LogP contribution in [0.15, 0.2) is 0 Å². The third-order valence-electron chi connectivity index (χ3n) is 1.02. The van der Waals surface area contributed by atoms with E-state index in [0.717, 1.165) is 12.8 Å². The van der Waals surface area contributed by atoms with Gasteiger partial charge in [-0.3, -0.25) is 4.21 Å². The zero-order valence-corrected chi connectivity index (χ0v) is 6.03. The van der Waals surface area contributed by atoms with Gasteiger partial charge in [-0.05, 0) is 6.42 Å². The van der Waals surface area contributed by atoms with E-state index in [9.17, 15) is 8.76 Å². The quantitative estimate of drug-likeness (QED) is 0.543. The van der Waals surface area contributed by atoms with Gasteiger partial charge in [0.15, 0.2) is 0 Å². The van der Waals surface area contributed by atoms with Gasteiger partial charge in [0.25, 0.3) is 0 Å². The second-order valence-electron chi connectivity index (χ2n) is 1.86. The number of rotatable bonds is 3. The van der Waals surface area contributed by atoms with Crippen LogP contribution in [0.25, 0.3) is 0 Å². The van der Waals surface area contributed by atoms with Gasteiger partial charge in [0.05, 0.1) is 0 Å². The van der Waals surface area contributed by atoms with Crippen LogP contribution >= 0.6 is 0 Å². The van der Waals surface area contributed by atoms with Crippen molar-refractivity contribution in [3.63, 3.8) is 0 Å². The second-order valence-corrected chi connectivity index (χ2v) is 3.19. The molecule has 0 amide bonds. The maximum absolute atomic E-state index is 10.1. The molecule has 0 radical (unpaired) electrons. The van der Waals surface area contributed by atoms with Crippen LogP contribution in [0.4, 0.5) is 0 Å². The predicted molar refractivity (Wildman–Crippen MR) is 33.3 cm³/mol. The molecular weight excluding hydrogens is 124 g/mol. The smallest absolute Gasteiger partial charge is 0.0187 e. The molecule has 8 heavy (non-hydrogen) atoms. The van der Waals surface area contributed by atoms with Crippen molar-refractivity contribution in [2.24, 2.45) is 0 Å². The summed E-state index contributed by atoms with van der Waals surface area (Å²) in [5.41, 5.74) is 0. The van der Waals surface area contributed by atoms with Crippen molar-refractivity contribution in [1.29, 1.82) is 0 Å². The summed E-state index contributed by atoms with van der Waals surface area (Å²) in [7, 11) is 0. The molecule has 0 rings (SSSR count). The van der Waals surface area contributed by atoms with E-state index in [-0.39, 0.29) is 5.25 Å². The molecule has 0 fully saturated rings. The molecule has 0 aromatic heterocycles. The topological polar surface area (TPSA) is 40.1 Å². The van der Waals surface area contributed by atoms with Crippen LogP contribution in [0.5, 0.6) is 0 Å². The van der Waals surface area contributed by atoms with Gasteiger partial charge in [-0.1, -0.05) is 31.3 Å². The van der Waals surface area contributed by atoms with Crippen LogP contribution in [0.2, 0.25) is 0 Å². The zero-order chi connectivity index (χ0) is 6.57. The van der Waals surface area contributed by atoms with Crippen molar-refractivity contribution in [3.05, 3.63) is 0 Å². The molecule has 0 spiro atoms. The average molecular weight is 135 g/mol. The highest BCUT2D eigenvalue weighted by atomic mass is 32.2. The van der Waals surface area contributed by atoms with Crippen molar-refractivity contribution in [1.82, 2.24) is 0 Å². The monoisotopic (exact) mass is 135 g/mol. The first-order valence-corrected chi connectivity index (χ1v) is 3.90. The Bertz CT molecular complexity index is 82.5. The summed E-state index contributed by atoms with van der Waals surface area (Å²) in [5.74, 6) is 0. The lowest BCUT2D eigenvalue weighted by molar-refractivity contribution is 0.519. The zero-order valence-electron chi connectivity index (χ0n) is 5.22. The molecule has 0 saturated carbocycles. The molecule has 0 saturated heterocycles. The van der Waals surface area contributed by atoms with Crippen molar-refractivity contribution in [3.8, 4) is 0 Å². The first-order chi connectivity index (χ1) is 3.68. The Morgan fingerprint density at radius 1 is 1.75 bits per heavy atom. The fourth-order valence-corrected chi connectivity index (χ4v) is 0.931. The largest absolute Gasteiger partial charge is 0.772 e. The molecule has 0 aliphatic heterocycles. The fourth-order valence-electron chi connectivity index (χ4n) is 0.503. The number of hydrogen-bond acceptors (Lipinski definition) is 2. The molecule has 0 aliphatic rings. The summed E-state index contributed by atoms with van der Waals surface area (Å²) in [6, 6.07) is 0. The fraction of sp³-hybridized carbons (Fsp3) is 1.00. The maximum Gasteiger partial charge on any atom is 0.0187 e. The molecule has 3 heteroatoms. The summed E-state index contributed by atoms with van der Waals surface area (Å²) >= 11 is -1.86. The van der Waals surface area contributed by atoms with Crippen LogP contribution in [-0.2, 0) is 11.1 Å². The Kier molecular flexibility index (Phi) is 4.09. The minimum Gasteiger partial charge on any atom is -0.772 e. The summed E-state index contributed by atoms with van der Waals surface area (Å²) < 4.78 is 20.2. The SMILES string of the molecule is CCCC(C)S(=O)[O-]. The standard InChI is InChI=1S/C5H12O2S/c1-3-4-5(2)8(6)7/h5H,3-4H2,1-2H3,(H,6,7)/p-1. The van der Waals surface area contributed by atoms with Crippen LogP contribution in [0, 0.1) is 0 Å². The van der Waals surface area contributed by atoms with Gasteiger partial charge in [-0.2, -0.15) is 0 Å². The second kappa shape index (κ2) is 4.04. The van der Waals surface area contributed by atoms with Crippen molar-refractivity contribution >= 4 is 11.1 Å². The molecular formula is C5H11O2S-. The van der Waals surface area contributed by atoms with E-state index in [4.69, 9.17) is 0 Å². The Hall–Kier alpha value is 0.110. The molecule has 0 N–H and O–H groups in total. The first-order valence-electron chi connectivity index (χ1n) is 2.76. The van der Waals surface area contributed by atoms with E-state index in [1.54, 1.807) is 6.92 Å². The minimum absolute atomic E-state index is 0.167.